The molecule has 0 aromatic rings. The summed E-state index contributed by atoms with van der Waals surface area (Å²) in [6.45, 7) is 0.0694. The van der Waals surface area contributed by atoms with Gasteiger partial charge < -0.3 is 45.0 Å². The molecule has 9 heteroatoms. The second-order valence-electron chi connectivity index (χ2n) is 5.76. The molecule has 120 valence electrons. The number of aliphatic hydroxyl groups is 6. The summed E-state index contributed by atoms with van der Waals surface area (Å²) in [6.07, 6.45) is -9.84. The summed E-state index contributed by atoms with van der Waals surface area (Å²) < 4.78 is 0.419. The standard InChI is InChI=1S/C6H12O6.C5H11NO2/c7-1-2(8)4(10)6(12)5(11)3(1)9;1-6(2,3)4-5(7)8/h1-12H;4H2,1-3H3/t1-,2-,3-,4+,5-,6-;. The Balaban J connectivity index is 0.000000396. The van der Waals surface area contributed by atoms with Crippen LogP contribution in [-0.4, -0.2) is 105 Å². The van der Waals surface area contributed by atoms with Crippen LogP contribution < -0.4 is 5.11 Å². The molecule has 0 amide bonds. The number of nitrogens with zero attached hydrogens (tertiary/aromatic N) is 1. The van der Waals surface area contributed by atoms with Crippen molar-refractivity contribution in [2.75, 3.05) is 27.7 Å². The number of aliphatic carboxylic acids is 1. The largest absolute Gasteiger partial charge is 0.544 e. The van der Waals surface area contributed by atoms with Gasteiger partial charge in [-0.1, -0.05) is 0 Å². The van der Waals surface area contributed by atoms with Crippen LogP contribution in [-0.2, 0) is 4.79 Å². The van der Waals surface area contributed by atoms with Crippen molar-refractivity contribution < 1.29 is 45.0 Å². The van der Waals surface area contributed by atoms with E-state index < -0.39 is 42.6 Å². The van der Waals surface area contributed by atoms with Crippen molar-refractivity contribution in [2.24, 2.45) is 0 Å². The van der Waals surface area contributed by atoms with Gasteiger partial charge in [0.25, 0.3) is 0 Å². The van der Waals surface area contributed by atoms with Crippen LogP contribution in [0.5, 0.6) is 0 Å². The summed E-state index contributed by atoms with van der Waals surface area (Å²) in [5.74, 6) is -1.00. The number of hydrogen-bond acceptors (Lipinski definition) is 8. The Bertz CT molecular complexity index is 260. The third kappa shape index (κ3) is 5.67. The van der Waals surface area contributed by atoms with Gasteiger partial charge in [0.1, 0.15) is 43.2 Å². The van der Waals surface area contributed by atoms with E-state index in [1.807, 2.05) is 0 Å². The number of carboxylic acid groups (broad SMARTS) is 1. The van der Waals surface area contributed by atoms with Gasteiger partial charge in [0, 0.05) is 0 Å². The van der Waals surface area contributed by atoms with Crippen LogP contribution >= 0.6 is 0 Å². The second-order valence-corrected chi connectivity index (χ2v) is 5.76. The second kappa shape index (κ2) is 7.27. The molecule has 0 aliphatic heterocycles. The van der Waals surface area contributed by atoms with Crippen LogP contribution in [0.4, 0.5) is 0 Å². The summed E-state index contributed by atoms with van der Waals surface area (Å²) >= 11 is 0. The van der Waals surface area contributed by atoms with Gasteiger partial charge in [0.15, 0.2) is 0 Å². The molecule has 1 aliphatic rings. The van der Waals surface area contributed by atoms with Crippen LogP contribution in [0.25, 0.3) is 0 Å². The van der Waals surface area contributed by atoms with Gasteiger partial charge in [0.2, 0.25) is 0 Å². The van der Waals surface area contributed by atoms with Crippen molar-refractivity contribution >= 4 is 5.97 Å². The summed E-state index contributed by atoms with van der Waals surface area (Å²) in [4.78, 5) is 9.89. The van der Waals surface area contributed by atoms with Crippen molar-refractivity contribution in [2.45, 2.75) is 36.6 Å². The molecule has 1 aliphatic carbocycles. The smallest absolute Gasteiger partial charge is 0.118 e. The summed E-state index contributed by atoms with van der Waals surface area (Å²) in [7, 11) is 5.40. The molecule has 1 saturated carbocycles. The van der Waals surface area contributed by atoms with Gasteiger partial charge in [-0.15, -0.1) is 0 Å². The Morgan fingerprint density at radius 1 is 0.800 bits per heavy atom. The van der Waals surface area contributed by atoms with Crippen molar-refractivity contribution in [1.82, 2.24) is 0 Å². The van der Waals surface area contributed by atoms with E-state index in [1.54, 1.807) is 21.1 Å². The summed E-state index contributed by atoms with van der Waals surface area (Å²) in [6, 6.07) is 0. The zero-order chi connectivity index (χ0) is 16.2. The minimum atomic E-state index is -1.64. The molecule has 0 spiro atoms. The fourth-order valence-electron chi connectivity index (χ4n) is 1.60. The number of carbonyl (C=O) groups is 1. The van der Waals surface area contributed by atoms with Crippen molar-refractivity contribution in [3.63, 3.8) is 0 Å². The van der Waals surface area contributed by atoms with Crippen molar-refractivity contribution in [1.29, 1.82) is 0 Å². The topological polar surface area (TPSA) is 162 Å². The van der Waals surface area contributed by atoms with Crippen LogP contribution in [0.3, 0.4) is 0 Å². The molecule has 0 heterocycles. The van der Waals surface area contributed by atoms with Gasteiger partial charge in [-0.25, -0.2) is 0 Å². The number of carboxylic acids is 1. The first kappa shape index (κ1) is 19.2. The molecular weight excluding hydrogens is 274 g/mol. The van der Waals surface area contributed by atoms with Gasteiger partial charge in [-0.3, -0.25) is 0 Å². The van der Waals surface area contributed by atoms with Crippen molar-refractivity contribution in [3.8, 4) is 0 Å². The van der Waals surface area contributed by atoms with Gasteiger partial charge in [-0.2, -0.15) is 0 Å². The lowest BCUT2D eigenvalue weighted by molar-refractivity contribution is -0.864. The monoisotopic (exact) mass is 297 g/mol. The lowest BCUT2D eigenvalue weighted by Gasteiger charge is -2.39. The first-order valence-corrected chi connectivity index (χ1v) is 5.97. The van der Waals surface area contributed by atoms with E-state index in [9.17, 15) is 9.90 Å². The normalized spacial score (nSPS) is 37.9. The fraction of sp³-hybridized carbons (Fsp3) is 0.909. The third-order valence-electron chi connectivity index (χ3n) is 2.70. The Kier molecular flexibility index (Phi) is 6.98. The average Bonchev–Trinajstić information content (AvgIpc) is 2.29. The summed E-state index contributed by atoms with van der Waals surface area (Å²) in [5, 5.41) is 63.7. The molecule has 6 N–H and O–H groups in total. The number of hydrogen-bond donors (Lipinski definition) is 6. The predicted molar refractivity (Wildman–Crippen MR) is 63.9 cm³/mol. The van der Waals surface area contributed by atoms with Crippen molar-refractivity contribution in [3.05, 3.63) is 0 Å². The van der Waals surface area contributed by atoms with E-state index in [0.29, 0.717) is 4.48 Å². The lowest BCUT2D eigenvalue weighted by atomic mass is 9.85. The number of likely N-dealkylation sites (N-methyl/N-ethyl adjacent to an activating group) is 1. The maximum absolute atomic E-state index is 9.89. The average molecular weight is 297 g/mol. The first-order valence-electron chi connectivity index (χ1n) is 5.97. The predicted octanol–water partition coefficient (Wildman–Crippen LogP) is -5.39. The quantitative estimate of drug-likeness (QED) is 0.275. The van der Waals surface area contributed by atoms with E-state index in [0.717, 1.165) is 0 Å². The molecule has 0 saturated heterocycles. The third-order valence-corrected chi connectivity index (χ3v) is 2.70. The molecular formula is C11H23NO8. The highest BCUT2D eigenvalue weighted by molar-refractivity contribution is 5.65. The molecule has 9 nitrogen and oxygen atoms in total. The number of rotatable bonds is 2. The Morgan fingerprint density at radius 2 is 1.00 bits per heavy atom. The maximum atomic E-state index is 9.89. The lowest BCUT2D eigenvalue weighted by Crippen LogP contribution is -2.63. The number of quaternary nitrogens is 1. The fourth-order valence-corrected chi connectivity index (χ4v) is 1.60. The minimum Gasteiger partial charge on any atom is -0.544 e. The van der Waals surface area contributed by atoms with E-state index >= 15 is 0 Å². The summed E-state index contributed by atoms with van der Waals surface area (Å²) in [5.41, 5.74) is 0. The highest BCUT2D eigenvalue weighted by Crippen LogP contribution is 2.20. The molecule has 0 bridgehead atoms. The van der Waals surface area contributed by atoms with Crippen LogP contribution in [0.2, 0.25) is 0 Å². The van der Waals surface area contributed by atoms with Gasteiger partial charge >= 0.3 is 0 Å². The van der Waals surface area contributed by atoms with Gasteiger partial charge in [0.05, 0.1) is 27.1 Å². The molecule has 0 aromatic carbocycles. The zero-order valence-electron chi connectivity index (χ0n) is 11.6. The Hall–Kier alpha value is -0.810. The van der Waals surface area contributed by atoms with E-state index in [2.05, 4.69) is 0 Å². The highest BCUT2D eigenvalue weighted by Gasteiger charge is 2.47. The van der Waals surface area contributed by atoms with E-state index in [-0.39, 0.29) is 6.54 Å². The highest BCUT2D eigenvalue weighted by atomic mass is 16.4. The van der Waals surface area contributed by atoms with Crippen LogP contribution in [0.15, 0.2) is 0 Å². The molecule has 20 heavy (non-hydrogen) atoms. The van der Waals surface area contributed by atoms with E-state index in [1.165, 1.54) is 0 Å². The van der Waals surface area contributed by atoms with Crippen LogP contribution in [0.1, 0.15) is 0 Å². The minimum absolute atomic E-state index is 0.0694. The van der Waals surface area contributed by atoms with E-state index in [4.69, 9.17) is 30.6 Å². The molecule has 0 unspecified atom stereocenters. The molecule has 1 rings (SSSR count). The first-order chi connectivity index (χ1) is 8.88. The number of aliphatic hydroxyl groups excluding tert-OH is 6. The Labute approximate surface area is 116 Å². The van der Waals surface area contributed by atoms with Gasteiger partial charge in [-0.05, 0) is 0 Å². The molecule has 0 radical (unpaired) electrons. The van der Waals surface area contributed by atoms with Crippen LogP contribution in [0, 0.1) is 0 Å². The molecule has 0 atom stereocenters. The zero-order valence-corrected chi connectivity index (χ0v) is 11.6. The number of carbonyl (C=O) groups excluding carboxylic acids is 1. The molecule has 0 aromatic heterocycles. The maximum Gasteiger partial charge on any atom is 0.118 e. The molecule has 1 fully saturated rings. The SMILES string of the molecule is C[N+](C)(C)CC(=O)[O-].O[C@H]1[C@H](O)[C@@H](O)[C@H](O)[C@@H](O)[C@H]1O. The Morgan fingerprint density at radius 3 is 1.05 bits per heavy atom.